The van der Waals surface area contributed by atoms with E-state index < -0.39 is 0 Å². The zero-order valence-corrected chi connectivity index (χ0v) is 10.5. The minimum absolute atomic E-state index is 0.0394. The molecular formula is C11H13ClN2S. The molecule has 0 saturated heterocycles. The van der Waals surface area contributed by atoms with Crippen molar-refractivity contribution in [2.45, 2.75) is 26.3 Å². The quantitative estimate of drug-likeness (QED) is 0.810. The molecule has 0 atom stereocenters. The standard InChI is InChI=1S/C11H13ClN2S/c1-11(2,3)14-10-13-8-6-7(12)4-5-9(8)15-10/h4-6H,1-3H3,(H,13,14). The first-order valence-electron chi connectivity index (χ1n) is 4.78. The van der Waals surface area contributed by atoms with E-state index in [0.29, 0.717) is 0 Å². The maximum Gasteiger partial charge on any atom is 0.184 e. The van der Waals surface area contributed by atoms with Crippen molar-refractivity contribution in [2.75, 3.05) is 5.32 Å². The average Bonchev–Trinajstić information content (AvgIpc) is 2.42. The largest absolute Gasteiger partial charge is 0.357 e. The molecule has 1 N–H and O–H groups in total. The van der Waals surface area contributed by atoms with Gasteiger partial charge in [-0.15, -0.1) is 0 Å². The molecule has 0 bridgehead atoms. The van der Waals surface area contributed by atoms with Crippen LogP contribution in [-0.4, -0.2) is 10.5 Å². The van der Waals surface area contributed by atoms with Crippen LogP contribution in [0.5, 0.6) is 0 Å². The fourth-order valence-electron chi connectivity index (χ4n) is 1.27. The van der Waals surface area contributed by atoms with Gasteiger partial charge in [-0.1, -0.05) is 22.9 Å². The molecule has 0 fully saturated rings. The van der Waals surface area contributed by atoms with E-state index >= 15 is 0 Å². The minimum atomic E-state index is 0.0394. The van der Waals surface area contributed by atoms with Crippen LogP contribution in [-0.2, 0) is 0 Å². The lowest BCUT2D eigenvalue weighted by atomic mass is 10.1. The Morgan fingerprint density at radius 2 is 2.07 bits per heavy atom. The second-order valence-electron chi connectivity index (χ2n) is 4.51. The summed E-state index contributed by atoms with van der Waals surface area (Å²) in [6.07, 6.45) is 0. The van der Waals surface area contributed by atoms with E-state index in [0.717, 1.165) is 20.4 Å². The van der Waals surface area contributed by atoms with Crippen molar-refractivity contribution in [3.8, 4) is 0 Å². The summed E-state index contributed by atoms with van der Waals surface area (Å²) in [4.78, 5) is 4.48. The zero-order chi connectivity index (χ0) is 11.1. The van der Waals surface area contributed by atoms with Gasteiger partial charge in [0.15, 0.2) is 5.13 Å². The number of nitrogens with one attached hydrogen (secondary N) is 1. The molecule has 80 valence electrons. The van der Waals surface area contributed by atoms with Crippen molar-refractivity contribution in [3.05, 3.63) is 23.2 Å². The summed E-state index contributed by atoms with van der Waals surface area (Å²) in [7, 11) is 0. The van der Waals surface area contributed by atoms with Crippen LogP contribution < -0.4 is 5.32 Å². The molecule has 0 aliphatic rings. The van der Waals surface area contributed by atoms with Gasteiger partial charge in [-0.2, -0.15) is 0 Å². The Hall–Kier alpha value is -0.800. The van der Waals surface area contributed by atoms with Crippen LogP contribution >= 0.6 is 22.9 Å². The number of rotatable bonds is 1. The van der Waals surface area contributed by atoms with E-state index in [1.54, 1.807) is 11.3 Å². The number of halogens is 1. The number of aromatic nitrogens is 1. The predicted octanol–water partition coefficient (Wildman–Crippen LogP) is 4.16. The molecule has 1 heterocycles. The molecule has 0 spiro atoms. The molecule has 0 aliphatic heterocycles. The molecule has 0 saturated carbocycles. The van der Waals surface area contributed by atoms with Crippen LogP contribution in [0.4, 0.5) is 5.13 Å². The average molecular weight is 241 g/mol. The SMILES string of the molecule is CC(C)(C)Nc1nc2cc(Cl)ccc2s1. The summed E-state index contributed by atoms with van der Waals surface area (Å²) in [5.74, 6) is 0. The third kappa shape index (κ3) is 2.61. The van der Waals surface area contributed by atoms with E-state index in [4.69, 9.17) is 11.6 Å². The third-order valence-electron chi connectivity index (χ3n) is 1.83. The number of benzene rings is 1. The van der Waals surface area contributed by atoms with Gasteiger partial charge in [-0.3, -0.25) is 0 Å². The molecule has 2 rings (SSSR count). The van der Waals surface area contributed by atoms with Crippen molar-refractivity contribution >= 4 is 38.3 Å². The number of thiazole rings is 1. The smallest absolute Gasteiger partial charge is 0.184 e. The Balaban J connectivity index is 2.39. The number of anilines is 1. The van der Waals surface area contributed by atoms with Crippen LogP contribution in [0, 0.1) is 0 Å². The van der Waals surface area contributed by atoms with Crippen molar-refractivity contribution in [1.82, 2.24) is 4.98 Å². The first kappa shape index (κ1) is 10.7. The highest BCUT2D eigenvalue weighted by Gasteiger charge is 2.12. The normalized spacial score (nSPS) is 12.0. The minimum Gasteiger partial charge on any atom is -0.357 e. The molecule has 0 unspecified atom stereocenters. The number of nitrogens with zero attached hydrogens (tertiary/aromatic N) is 1. The Morgan fingerprint density at radius 3 is 2.73 bits per heavy atom. The summed E-state index contributed by atoms with van der Waals surface area (Å²) >= 11 is 7.56. The van der Waals surface area contributed by atoms with E-state index in [1.807, 2.05) is 18.2 Å². The lowest BCUT2D eigenvalue weighted by molar-refractivity contribution is 0.633. The van der Waals surface area contributed by atoms with Crippen molar-refractivity contribution in [3.63, 3.8) is 0 Å². The van der Waals surface area contributed by atoms with Gasteiger partial charge in [-0.25, -0.2) is 4.98 Å². The molecule has 0 radical (unpaired) electrons. The second kappa shape index (κ2) is 3.65. The summed E-state index contributed by atoms with van der Waals surface area (Å²) in [6, 6.07) is 5.79. The van der Waals surface area contributed by atoms with Gasteiger partial charge >= 0.3 is 0 Å². The molecule has 0 amide bonds. The molecule has 4 heteroatoms. The summed E-state index contributed by atoms with van der Waals surface area (Å²) in [5, 5.41) is 5.03. The highest BCUT2D eigenvalue weighted by molar-refractivity contribution is 7.22. The second-order valence-corrected chi connectivity index (χ2v) is 5.97. The Bertz CT molecular complexity index is 485. The lowest BCUT2D eigenvalue weighted by Crippen LogP contribution is -2.25. The van der Waals surface area contributed by atoms with E-state index in [1.165, 1.54) is 0 Å². The lowest BCUT2D eigenvalue weighted by Gasteiger charge is -2.19. The van der Waals surface area contributed by atoms with Crippen molar-refractivity contribution in [1.29, 1.82) is 0 Å². The van der Waals surface area contributed by atoms with Crippen LogP contribution in [0.1, 0.15) is 20.8 Å². The first-order valence-corrected chi connectivity index (χ1v) is 5.98. The maximum absolute atomic E-state index is 5.91. The topological polar surface area (TPSA) is 24.9 Å². The molecule has 0 aliphatic carbocycles. The van der Waals surface area contributed by atoms with Crippen LogP contribution in [0.2, 0.25) is 5.02 Å². The Morgan fingerprint density at radius 1 is 1.33 bits per heavy atom. The summed E-state index contributed by atoms with van der Waals surface area (Å²) < 4.78 is 1.16. The van der Waals surface area contributed by atoms with Gasteiger partial charge in [0.05, 0.1) is 10.2 Å². The van der Waals surface area contributed by atoms with Crippen LogP contribution in [0.25, 0.3) is 10.2 Å². The molecule has 15 heavy (non-hydrogen) atoms. The van der Waals surface area contributed by atoms with E-state index in [-0.39, 0.29) is 5.54 Å². The number of hydrogen-bond acceptors (Lipinski definition) is 3. The van der Waals surface area contributed by atoms with Gasteiger partial charge < -0.3 is 5.32 Å². The van der Waals surface area contributed by atoms with Gasteiger partial charge in [-0.05, 0) is 39.0 Å². The predicted molar refractivity (Wildman–Crippen MR) is 68.0 cm³/mol. The van der Waals surface area contributed by atoms with Crippen LogP contribution in [0.3, 0.4) is 0 Å². The monoisotopic (exact) mass is 240 g/mol. The fraction of sp³-hybridized carbons (Fsp3) is 0.364. The third-order valence-corrected chi connectivity index (χ3v) is 3.02. The molecule has 1 aromatic heterocycles. The maximum atomic E-state index is 5.91. The molecule has 1 aromatic carbocycles. The molecule has 2 aromatic rings. The van der Waals surface area contributed by atoms with Gasteiger partial charge in [0, 0.05) is 10.6 Å². The van der Waals surface area contributed by atoms with Gasteiger partial charge in [0.1, 0.15) is 0 Å². The molecule has 2 nitrogen and oxygen atoms in total. The van der Waals surface area contributed by atoms with E-state index in [9.17, 15) is 0 Å². The number of fused-ring (bicyclic) bond motifs is 1. The van der Waals surface area contributed by atoms with Gasteiger partial charge in [0.2, 0.25) is 0 Å². The summed E-state index contributed by atoms with van der Waals surface area (Å²) in [5.41, 5.74) is 0.997. The summed E-state index contributed by atoms with van der Waals surface area (Å²) in [6.45, 7) is 6.35. The van der Waals surface area contributed by atoms with Crippen molar-refractivity contribution in [2.24, 2.45) is 0 Å². The van der Waals surface area contributed by atoms with E-state index in [2.05, 4.69) is 31.1 Å². The van der Waals surface area contributed by atoms with Crippen molar-refractivity contribution < 1.29 is 0 Å². The highest BCUT2D eigenvalue weighted by atomic mass is 35.5. The Kier molecular flexibility index (Phi) is 2.61. The number of hydrogen-bond donors (Lipinski definition) is 1. The fourth-order valence-corrected chi connectivity index (χ4v) is 2.50. The highest BCUT2D eigenvalue weighted by Crippen LogP contribution is 2.29. The Labute approximate surface area is 98.3 Å². The molecular weight excluding hydrogens is 228 g/mol. The first-order chi connectivity index (χ1) is 6.94. The van der Waals surface area contributed by atoms with Gasteiger partial charge in [0.25, 0.3) is 0 Å². The van der Waals surface area contributed by atoms with Crippen LogP contribution in [0.15, 0.2) is 18.2 Å². The zero-order valence-electron chi connectivity index (χ0n) is 8.97.